The van der Waals surface area contributed by atoms with Crippen molar-refractivity contribution in [2.75, 3.05) is 14.1 Å². The zero-order chi connectivity index (χ0) is 16.3. The third-order valence-electron chi connectivity index (χ3n) is 3.81. The maximum absolute atomic E-state index is 12.6. The van der Waals surface area contributed by atoms with E-state index in [0.717, 1.165) is 18.4 Å². The van der Waals surface area contributed by atoms with E-state index in [2.05, 4.69) is 51.1 Å². The van der Waals surface area contributed by atoms with Gasteiger partial charge in [-0.15, -0.1) is 0 Å². The van der Waals surface area contributed by atoms with Crippen LogP contribution in [0.15, 0.2) is 51.1 Å². The molecule has 1 aliphatic carbocycles. The van der Waals surface area contributed by atoms with Crippen molar-refractivity contribution >= 4 is 5.91 Å². The standard InChI is InChI=1S/C19H25INO/c1-19(2,3)14-11-12-17(16(13-14)18(22)21(4)5)20-15-9-7-6-8-10-15/h6-11H,12-13H2,1-5H3/q+1. The molecule has 1 aliphatic rings. The minimum Gasteiger partial charge on any atom is -0.345 e. The Labute approximate surface area is 144 Å². The number of carbonyl (C=O) groups is 1. The number of halogens is 1. The monoisotopic (exact) mass is 410 g/mol. The molecule has 0 unspecified atom stereocenters. The summed E-state index contributed by atoms with van der Waals surface area (Å²) in [6.45, 7) is 6.69. The van der Waals surface area contributed by atoms with Crippen LogP contribution in [0.5, 0.6) is 0 Å². The molecule has 0 bridgehead atoms. The molecule has 2 rings (SSSR count). The number of nitrogens with zero attached hydrogens (tertiary/aromatic N) is 1. The van der Waals surface area contributed by atoms with Crippen LogP contribution in [0.1, 0.15) is 33.6 Å². The Kier molecular flexibility index (Phi) is 5.48. The van der Waals surface area contributed by atoms with Crippen LogP contribution < -0.4 is 21.2 Å². The molecule has 1 amide bonds. The summed E-state index contributed by atoms with van der Waals surface area (Å²) in [6, 6.07) is 10.6. The highest BCUT2D eigenvalue weighted by Crippen LogP contribution is 2.34. The molecule has 0 fully saturated rings. The molecule has 0 N–H and O–H groups in total. The summed E-state index contributed by atoms with van der Waals surface area (Å²) in [5.74, 6) is 0.181. The molecule has 0 aliphatic heterocycles. The van der Waals surface area contributed by atoms with Crippen LogP contribution in [0.2, 0.25) is 0 Å². The highest BCUT2D eigenvalue weighted by Gasteiger charge is 2.33. The first kappa shape index (κ1) is 17.3. The lowest BCUT2D eigenvalue weighted by atomic mass is 9.80. The second-order valence-electron chi connectivity index (χ2n) is 6.83. The number of amides is 1. The Morgan fingerprint density at radius 3 is 2.32 bits per heavy atom. The number of rotatable bonds is 3. The largest absolute Gasteiger partial charge is 0.353 e. The average Bonchev–Trinajstić information content (AvgIpc) is 2.46. The van der Waals surface area contributed by atoms with Gasteiger partial charge in [-0.2, -0.15) is 0 Å². The number of hydrogen-bond acceptors (Lipinski definition) is 1. The molecule has 0 saturated heterocycles. The van der Waals surface area contributed by atoms with E-state index < -0.39 is 0 Å². The highest BCUT2D eigenvalue weighted by molar-refractivity contribution is 5.94. The average molecular weight is 410 g/mol. The van der Waals surface area contributed by atoms with Crippen molar-refractivity contribution < 1.29 is 26.0 Å². The molecule has 1 aromatic rings. The summed E-state index contributed by atoms with van der Waals surface area (Å²) in [4.78, 5) is 14.3. The minimum absolute atomic E-state index is 0.133. The SMILES string of the molecule is CN(C)C(=O)C1=C([I+]c2ccccc2)CC=C(C(C)(C)C)C1. The fourth-order valence-corrected chi connectivity index (χ4v) is 5.15. The molecule has 0 heterocycles. The van der Waals surface area contributed by atoms with Gasteiger partial charge in [-0.1, -0.05) is 50.6 Å². The van der Waals surface area contributed by atoms with E-state index in [1.165, 1.54) is 12.7 Å². The highest BCUT2D eigenvalue weighted by atomic mass is 127. The van der Waals surface area contributed by atoms with Crippen LogP contribution in [0.25, 0.3) is 0 Å². The van der Waals surface area contributed by atoms with Gasteiger partial charge in [-0.3, -0.25) is 4.79 Å². The van der Waals surface area contributed by atoms with Crippen molar-refractivity contribution in [3.8, 4) is 0 Å². The molecular weight excluding hydrogens is 385 g/mol. The molecule has 22 heavy (non-hydrogen) atoms. The molecule has 0 spiro atoms. The fourth-order valence-electron chi connectivity index (χ4n) is 2.43. The quantitative estimate of drug-likeness (QED) is 0.539. The predicted molar refractivity (Wildman–Crippen MR) is 87.6 cm³/mol. The third kappa shape index (κ3) is 4.22. The number of hydrogen-bond donors (Lipinski definition) is 0. The second-order valence-corrected chi connectivity index (χ2v) is 9.92. The summed E-state index contributed by atoms with van der Waals surface area (Å²) < 4.78 is 2.75. The molecule has 1 aromatic carbocycles. The van der Waals surface area contributed by atoms with E-state index in [0.29, 0.717) is 0 Å². The maximum Gasteiger partial charge on any atom is 0.353 e. The van der Waals surface area contributed by atoms with Crippen molar-refractivity contribution in [2.24, 2.45) is 5.41 Å². The summed E-state index contributed by atoms with van der Waals surface area (Å²) in [6.07, 6.45) is 4.09. The van der Waals surface area contributed by atoms with Crippen molar-refractivity contribution in [1.82, 2.24) is 4.90 Å². The zero-order valence-corrected chi connectivity index (χ0v) is 16.3. The van der Waals surface area contributed by atoms with E-state index in [9.17, 15) is 4.79 Å². The Morgan fingerprint density at radius 2 is 1.77 bits per heavy atom. The Balaban J connectivity index is 2.32. The zero-order valence-electron chi connectivity index (χ0n) is 14.1. The first-order valence-electron chi connectivity index (χ1n) is 7.62. The van der Waals surface area contributed by atoms with Crippen LogP contribution in [-0.4, -0.2) is 24.9 Å². The lowest BCUT2D eigenvalue weighted by molar-refractivity contribution is -0.578. The van der Waals surface area contributed by atoms with Crippen molar-refractivity contribution in [3.63, 3.8) is 0 Å². The van der Waals surface area contributed by atoms with Gasteiger partial charge in [-0.25, -0.2) is 0 Å². The summed E-state index contributed by atoms with van der Waals surface area (Å²) >= 11 is -0.262. The van der Waals surface area contributed by atoms with Crippen molar-refractivity contribution in [3.05, 3.63) is 54.7 Å². The van der Waals surface area contributed by atoms with E-state index in [-0.39, 0.29) is 32.5 Å². The lowest BCUT2D eigenvalue weighted by Gasteiger charge is -2.27. The Morgan fingerprint density at radius 1 is 1.14 bits per heavy atom. The molecule has 0 atom stereocenters. The van der Waals surface area contributed by atoms with Gasteiger partial charge in [0.25, 0.3) is 5.91 Å². The first-order valence-corrected chi connectivity index (χ1v) is 9.78. The van der Waals surface area contributed by atoms with Gasteiger partial charge in [0.15, 0.2) is 7.15 Å². The molecule has 118 valence electrons. The van der Waals surface area contributed by atoms with E-state index >= 15 is 0 Å². The summed E-state index contributed by atoms with van der Waals surface area (Å²) in [5.41, 5.74) is 2.56. The fraction of sp³-hybridized carbons (Fsp3) is 0.421. The van der Waals surface area contributed by atoms with Crippen LogP contribution in [-0.2, 0) is 4.79 Å². The lowest BCUT2D eigenvalue weighted by Crippen LogP contribution is -3.61. The van der Waals surface area contributed by atoms with Gasteiger partial charge >= 0.3 is 21.2 Å². The third-order valence-corrected chi connectivity index (χ3v) is 6.89. The molecule has 0 radical (unpaired) electrons. The van der Waals surface area contributed by atoms with Crippen LogP contribution in [0, 0.1) is 8.99 Å². The van der Waals surface area contributed by atoms with Gasteiger partial charge in [0, 0.05) is 26.9 Å². The first-order chi connectivity index (χ1) is 10.3. The molecule has 2 nitrogen and oxygen atoms in total. The topological polar surface area (TPSA) is 20.3 Å². The Hall–Kier alpha value is -1.10. The smallest absolute Gasteiger partial charge is 0.345 e. The van der Waals surface area contributed by atoms with Gasteiger partial charge in [0.1, 0.15) is 0 Å². The molecule has 0 aromatic heterocycles. The van der Waals surface area contributed by atoms with E-state index in [4.69, 9.17) is 0 Å². The molecule has 0 saturated carbocycles. The van der Waals surface area contributed by atoms with E-state index in [1.54, 1.807) is 4.90 Å². The molecular formula is C19H25INO+. The summed E-state index contributed by atoms with van der Waals surface area (Å²) in [5, 5.41) is 0. The second kappa shape index (κ2) is 6.99. The van der Waals surface area contributed by atoms with Gasteiger partial charge in [0.05, 0.1) is 5.57 Å². The van der Waals surface area contributed by atoms with Crippen LogP contribution in [0.3, 0.4) is 0 Å². The van der Waals surface area contributed by atoms with Crippen LogP contribution in [0.4, 0.5) is 0 Å². The van der Waals surface area contributed by atoms with Crippen molar-refractivity contribution in [2.45, 2.75) is 33.6 Å². The number of allylic oxidation sites excluding steroid dienone is 3. The maximum atomic E-state index is 12.6. The normalized spacial score (nSPS) is 15.6. The van der Waals surface area contributed by atoms with E-state index in [1.807, 2.05) is 20.2 Å². The molecule has 3 heteroatoms. The van der Waals surface area contributed by atoms with Gasteiger partial charge < -0.3 is 4.90 Å². The predicted octanol–water partition coefficient (Wildman–Crippen LogP) is 1.05. The van der Waals surface area contributed by atoms with Crippen molar-refractivity contribution in [1.29, 1.82) is 0 Å². The Bertz CT molecular complexity index is 606. The number of benzene rings is 1. The minimum atomic E-state index is -0.262. The number of likely N-dealkylation sites (N-methyl/N-ethyl adjacent to an activating group) is 1. The number of carbonyl (C=O) groups excluding carboxylic acids is 1. The van der Waals surface area contributed by atoms with Gasteiger partial charge in [0.2, 0.25) is 0 Å². The van der Waals surface area contributed by atoms with Crippen LogP contribution >= 0.6 is 0 Å². The summed E-state index contributed by atoms with van der Waals surface area (Å²) in [7, 11) is 3.70. The van der Waals surface area contributed by atoms with Gasteiger partial charge in [-0.05, 0) is 17.5 Å².